The van der Waals surface area contributed by atoms with Crippen LogP contribution >= 0.6 is 12.2 Å². The highest BCUT2D eigenvalue weighted by molar-refractivity contribution is 7.80. The molecule has 1 aromatic heterocycles. The molecule has 0 spiro atoms. The lowest BCUT2D eigenvalue weighted by atomic mass is 10.3. The molecule has 2 N–H and O–H groups in total. The Morgan fingerprint density at radius 1 is 1.30 bits per heavy atom. The van der Waals surface area contributed by atoms with Gasteiger partial charge in [-0.15, -0.1) is 0 Å². The number of amides is 1. The van der Waals surface area contributed by atoms with Gasteiger partial charge < -0.3 is 19.8 Å². The average molecular weight is 298 g/mol. The molecule has 0 bridgehead atoms. The van der Waals surface area contributed by atoms with Crippen molar-refractivity contribution in [3.8, 4) is 0 Å². The number of nitrogens with zero attached hydrogens (tertiary/aromatic N) is 3. The summed E-state index contributed by atoms with van der Waals surface area (Å²) in [5.41, 5.74) is 4.13. The molecule has 0 saturated heterocycles. The molecule has 0 fully saturated rings. The van der Waals surface area contributed by atoms with E-state index in [9.17, 15) is 14.4 Å². The fourth-order valence-electron chi connectivity index (χ4n) is 1.58. The highest BCUT2D eigenvalue weighted by atomic mass is 32.1. The molecule has 1 aromatic rings. The second-order valence-electron chi connectivity index (χ2n) is 4.49. The van der Waals surface area contributed by atoms with Crippen LogP contribution in [0.15, 0.2) is 22.0 Å². The van der Waals surface area contributed by atoms with Crippen LogP contribution in [0.5, 0.6) is 0 Å². The molecule has 1 amide bonds. The van der Waals surface area contributed by atoms with Gasteiger partial charge in [-0.2, -0.15) is 0 Å². The standard InChI is InChI=1S/C12H18N4O3S/c1-14(5-3-9(13)20)10(17)4-6-16-8-7-15(2)11(18)12(16)19/h7-8H,3-6H2,1-2H3,(H2,13,20). The number of nitrogens with two attached hydrogens (primary N) is 1. The molecule has 1 rings (SSSR count). The Balaban J connectivity index is 2.62. The first-order chi connectivity index (χ1) is 9.32. The lowest BCUT2D eigenvalue weighted by Gasteiger charge is -2.17. The molecule has 110 valence electrons. The van der Waals surface area contributed by atoms with Crippen molar-refractivity contribution in [1.29, 1.82) is 0 Å². The number of thiocarbonyl (C=S) groups is 1. The van der Waals surface area contributed by atoms with Crippen LogP contribution in [0.3, 0.4) is 0 Å². The molecule has 8 heteroatoms. The van der Waals surface area contributed by atoms with Gasteiger partial charge in [-0.05, 0) is 0 Å². The molecule has 0 saturated carbocycles. The lowest BCUT2D eigenvalue weighted by Crippen LogP contribution is -2.40. The number of carbonyl (C=O) groups excluding carboxylic acids is 1. The zero-order valence-corrected chi connectivity index (χ0v) is 12.4. The third-order valence-electron chi connectivity index (χ3n) is 2.92. The average Bonchev–Trinajstić information content (AvgIpc) is 2.41. The van der Waals surface area contributed by atoms with Crippen LogP contribution in [0.2, 0.25) is 0 Å². The van der Waals surface area contributed by atoms with Crippen molar-refractivity contribution in [2.24, 2.45) is 12.8 Å². The Morgan fingerprint density at radius 3 is 2.55 bits per heavy atom. The maximum Gasteiger partial charge on any atom is 0.316 e. The van der Waals surface area contributed by atoms with Crippen molar-refractivity contribution in [2.45, 2.75) is 19.4 Å². The molecule has 0 unspecified atom stereocenters. The fraction of sp³-hybridized carbons (Fsp3) is 0.500. The van der Waals surface area contributed by atoms with Crippen molar-refractivity contribution in [1.82, 2.24) is 14.0 Å². The zero-order valence-electron chi connectivity index (χ0n) is 11.5. The van der Waals surface area contributed by atoms with Crippen LogP contribution in [0.4, 0.5) is 0 Å². The smallest absolute Gasteiger partial charge is 0.316 e. The van der Waals surface area contributed by atoms with E-state index in [1.165, 1.54) is 33.5 Å². The van der Waals surface area contributed by atoms with E-state index in [1.807, 2.05) is 0 Å². The van der Waals surface area contributed by atoms with Gasteiger partial charge in [0.15, 0.2) is 0 Å². The maximum absolute atomic E-state index is 11.8. The van der Waals surface area contributed by atoms with E-state index in [2.05, 4.69) is 0 Å². The quantitative estimate of drug-likeness (QED) is 0.541. The maximum atomic E-state index is 11.8. The molecule has 0 radical (unpaired) electrons. The SMILES string of the molecule is CN(CCC(N)=S)C(=O)CCn1ccn(C)c(=O)c1=O. The molecule has 0 aliphatic rings. The summed E-state index contributed by atoms with van der Waals surface area (Å²) in [5.74, 6) is -0.131. The molecular formula is C12H18N4O3S. The summed E-state index contributed by atoms with van der Waals surface area (Å²) in [6.45, 7) is 0.616. The zero-order chi connectivity index (χ0) is 15.3. The van der Waals surface area contributed by atoms with Crippen LogP contribution in [-0.2, 0) is 18.4 Å². The number of carbonyl (C=O) groups is 1. The number of hydrogen-bond acceptors (Lipinski definition) is 4. The predicted octanol–water partition coefficient (Wildman–Crippen LogP) is -0.928. The molecular weight excluding hydrogens is 280 g/mol. The van der Waals surface area contributed by atoms with Gasteiger partial charge in [0.05, 0.1) is 4.99 Å². The van der Waals surface area contributed by atoms with Gasteiger partial charge in [0, 0.05) is 52.4 Å². The number of aryl methyl sites for hydroxylation is 2. The van der Waals surface area contributed by atoms with Crippen LogP contribution < -0.4 is 16.9 Å². The minimum atomic E-state index is -0.631. The molecule has 0 atom stereocenters. The first-order valence-corrected chi connectivity index (χ1v) is 6.52. The van der Waals surface area contributed by atoms with Gasteiger partial charge in [-0.1, -0.05) is 12.2 Å². The minimum Gasteiger partial charge on any atom is -0.393 e. The van der Waals surface area contributed by atoms with Gasteiger partial charge in [0.2, 0.25) is 5.91 Å². The molecule has 0 aliphatic heterocycles. The van der Waals surface area contributed by atoms with Gasteiger partial charge >= 0.3 is 11.1 Å². The summed E-state index contributed by atoms with van der Waals surface area (Å²) < 4.78 is 2.44. The number of hydrogen-bond donors (Lipinski definition) is 1. The molecule has 0 aliphatic carbocycles. The third-order valence-corrected chi connectivity index (χ3v) is 3.12. The topological polar surface area (TPSA) is 90.3 Å². The van der Waals surface area contributed by atoms with Gasteiger partial charge in [0.1, 0.15) is 0 Å². The Labute approximate surface area is 121 Å². The van der Waals surface area contributed by atoms with Crippen LogP contribution in [0, 0.1) is 0 Å². The van der Waals surface area contributed by atoms with Crippen LogP contribution in [0.25, 0.3) is 0 Å². The van der Waals surface area contributed by atoms with Crippen molar-refractivity contribution in [2.75, 3.05) is 13.6 Å². The summed E-state index contributed by atoms with van der Waals surface area (Å²) in [6.07, 6.45) is 3.58. The molecule has 7 nitrogen and oxygen atoms in total. The summed E-state index contributed by atoms with van der Waals surface area (Å²) in [5, 5.41) is 0. The Morgan fingerprint density at radius 2 is 1.95 bits per heavy atom. The molecule has 1 heterocycles. The second-order valence-corrected chi connectivity index (χ2v) is 5.02. The van der Waals surface area contributed by atoms with Crippen molar-refractivity contribution < 1.29 is 4.79 Å². The van der Waals surface area contributed by atoms with E-state index in [-0.39, 0.29) is 18.9 Å². The van der Waals surface area contributed by atoms with E-state index >= 15 is 0 Å². The second kappa shape index (κ2) is 6.99. The van der Waals surface area contributed by atoms with E-state index in [0.717, 1.165) is 0 Å². The monoisotopic (exact) mass is 298 g/mol. The van der Waals surface area contributed by atoms with Gasteiger partial charge in [-0.3, -0.25) is 14.4 Å². The fourth-order valence-corrected chi connectivity index (χ4v) is 1.67. The van der Waals surface area contributed by atoms with E-state index < -0.39 is 11.1 Å². The Bertz CT molecular complexity index is 620. The van der Waals surface area contributed by atoms with Crippen molar-refractivity contribution in [3.63, 3.8) is 0 Å². The number of aromatic nitrogens is 2. The van der Waals surface area contributed by atoms with E-state index in [0.29, 0.717) is 18.0 Å². The van der Waals surface area contributed by atoms with Crippen molar-refractivity contribution in [3.05, 3.63) is 33.1 Å². The van der Waals surface area contributed by atoms with Crippen molar-refractivity contribution >= 4 is 23.1 Å². The molecule has 20 heavy (non-hydrogen) atoms. The highest BCUT2D eigenvalue weighted by Gasteiger charge is 2.10. The first-order valence-electron chi connectivity index (χ1n) is 6.11. The summed E-state index contributed by atoms with van der Waals surface area (Å²) in [7, 11) is 3.15. The Hall–Kier alpha value is -1.96. The van der Waals surface area contributed by atoms with Gasteiger partial charge in [0.25, 0.3) is 0 Å². The van der Waals surface area contributed by atoms with Crippen LogP contribution in [0.1, 0.15) is 12.8 Å². The third kappa shape index (κ3) is 4.30. The van der Waals surface area contributed by atoms with Gasteiger partial charge in [-0.25, -0.2) is 0 Å². The van der Waals surface area contributed by atoms with E-state index in [4.69, 9.17) is 18.0 Å². The van der Waals surface area contributed by atoms with Crippen LogP contribution in [-0.4, -0.2) is 38.5 Å². The summed E-state index contributed by atoms with van der Waals surface area (Å²) in [4.78, 5) is 36.8. The molecule has 0 aromatic carbocycles. The predicted molar refractivity (Wildman–Crippen MR) is 79.6 cm³/mol. The first kappa shape index (κ1) is 16.1. The Kier molecular flexibility index (Phi) is 5.63. The minimum absolute atomic E-state index is 0.131. The lowest BCUT2D eigenvalue weighted by molar-refractivity contribution is -0.130. The normalized spacial score (nSPS) is 10.3. The highest BCUT2D eigenvalue weighted by Crippen LogP contribution is 1.95. The summed E-state index contributed by atoms with van der Waals surface area (Å²) >= 11 is 4.74. The van der Waals surface area contributed by atoms with E-state index in [1.54, 1.807) is 7.05 Å². The number of rotatable bonds is 6. The summed E-state index contributed by atoms with van der Waals surface area (Å²) in [6, 6.07) is 0. The largest absolute Gasteiger partial charge is 0.393 e.